The number of hydrogen-bond donors (Lipinski definition) is 1. The molecule has 0 amide bonds. The van der Waals surface area contributed by atoms with Crippen LogP contribution in [0.4, 0.5) is 9.18 Å². The van der Waals surface area contributed by atoms with Crippen LogP contribution in [0, 0.1) is 19.7 Å². The number of halogens is 2. The van der Waals surface area contributed by atoms with Crippen LogP contribution in [0.5, 0.6) is 23.0 Å². The second kappa shape index (κ2) is 13.3. The van der Waals surface area contributed by atoms with E-state index in [1.807, 2.05) is 31.2 Å². The highest BCUT2D eigenvalue weighted by molar-refractivity contribution is 6.33. The topological polar surface area (TPSA) is 88.1 Å². The van der Waals surface area contributed by atoms with Crippen LogP contribution in [-0.2, 0) is 9.47 Å². The first kappa shape index (κ1) is 28.9. The Hall–Kier alpha value is -4.08. The molecule has 1 aromatic heterocycles. The number of ether oxygens (including phenoxy) is 5. The fraction of sp³-hybridized carbons (Fsp3) is 0.267. The number of nitrogens with one attached hydrogen (secondary N) is 1. The summed E-state index contributed by atoms with van der Waals surface area (Å²) in [7, 11) is 3.30. The molecule has 0 saturated heterocycles. The van der Waals surface area contributed by atoms with Gasteiger partial charge in [-0.2, -0.15) is 0 Å². The van der Waals surface area contributed by atoms with E-state index in [1.165, 1.54) is 13.2 Å². The fourth-order valence-corrected chi connectivity index (χ4v) is 4.30. The smallest absolute Gasteiger partial charge is 0.495 e. The summed E-state index contributed by atoms with van der Waals surface area (Å²) in [4.78, 5) is 16.7. The molecule has 3 aromatic carbocycles. The number of rotatable bonds is 11. The van der Waals surface area contributed by atoms with E-state index >= 15 is 4.39 Å². The number of aromatic nitrogens is 1. The van der Waals surface area contributed by atoms with Crippen molar-refractivity contribution >= 4 is 28.7 Å². The predicted molar refractivity (Wildman–Crippen MR) is 151 cm³/mol. The summed E-state index contributed by atoms with van der Waals surface area (Å²) < 4.78 is 42.8. The van der Waals surface area contributed by atoms with Gasteiger partial charge < -0.3 is 29.0 Å². The minimum atomic E-state index is -0.878. The summed E-state index contributed by atoms with van der Waals surface area (Å²) in [6, 6.07) is 15.3. The molecule has 4 rings (SSSR count). The Kier molecular flexibility index (Phi) is 9.63. The Balaban J connectivity index is 1.67. The Morgan fingerprint density at radius 3 is 2.48 bits per heavy atom. The Morgan fingerprint density at radius 1 is 1.02 bits per heavy atom. The van der Waals surface area contributed by atoms with Crippen LogP contribution in [0.2, 0.25) is 5.02 Å². The van der Waals surface area contributed by atoms with Crippen molar-refractivity contribution < 1.29 is 32.9 Å². The molecule has 0 unspecified atom stereocenters. The van der Waals surface area contributed by atoms with E-state index in [-0.39, 0.29) is 17.9 Å². The van der Waals surface area contributed by atoms with Gasteiger partial charge in [0.05, 0.1) is 24.3 Å². The van der Waals surface area contributed by atoms with E-state index in [9.17, 15) is 4.79 Å². The Morgan fingerprint density at radius 2 is 1.77 bits per heavy atom. The van der Waals surface area contributed by atoms with Gasteiger partial charge in [-0.15, -0.1) is 0 Å². The lowest BCUT2D eigenvalue weighted by molar-refractivity contribution is 0.00503. The number of fused-ring (bicyclic) bond motifs is 1. The fourth-order valence-electron chi connectivity index (χ4n) is 4.06. The van der Waals surface area contributed by atoms with Gasteiger partial charge >= 0.3 is 6.16 Å². The first-order chi connectivity index (χ1) is 19.3. The molecule has 4 aromatic rings. The third-order valence-electron chi connectivity index (χ3n) is 6.03. The minimum Gasteiger partial charge on any atom is -0.495 e. The van der Waals surface area contributed by atoms with Crippen LogP contribution in [0.15, 0.2) is 54.6 Å². The van der Waals surface area contributed by atoms with Gasteiger partial charge in [-0.1, -0.05) is 29.3 Å². The second-order valence-corrected chi connectivity index (χ2v) is 9.33. The third kappa shape index (κ3) is 6.91. The molecule has 0 aliphatic rings. The molecule has 10 heteroatoms. The normalized spacial score (nSPS) is 10.8. The summed E-state index contributed by atoms with van der Waals surface area (Å²) in [5, 5.41) is 3.76. The highest BCUT2D eigenvalue weighted by Crippen LogP contribution is 2.43. The summed E-state index contributed by atoms with van der Waals surface area (Å²) in [5.41, 5.74) is 2.67. The molecule has 0 atom stereocenters. The molecule has 210 valence electrons. The number of carbonyl (C=O) groups excluding carboxylic acids is 1. The molecule has 0 radical (unpaired) electrons. The Labute approximate surface area is 236 Å². The molecule has 8 nitrogen and oxygen atoms in total. The number of nitrogens with zero attached hydrogens (tertiary/aromatic N) is 1. The van der Waals surface area contributed by atoms with Crippen molar-refractivity contribution in [2.75, 3.05) is 34.1 Å². The minimum absolute atomic E-state index is 0.194. The zero-order valence-corrected chi connectivity index (χ0v) is 23.4. The Bertz CT molecular complexity index is 1500. The zero-order chi connectivity index (χ0) is 28.6. The number of methoxy groups -OCH3 is 1. The van der Waals surface area contributed by atoms with Crippen LogP contribution in [0.3, 0.4) is 0 Å². The lowest BCUT2D eigenvalue weighted by Crippen LogP contribution is -2.16. The van der Waals surface area contributed by atoms with Gasteiger partial charge in [0.25, 0.3) is 0 Å². The van der Waals surface area contributed by atoms with Gasteiger partial charge in [0.15, 0.2) is 0 Å². The molecular formula is C30H30ClFN2O6. The van der Waals surface area contributed by atoms with Crippen molar-refractivity contribution in [1.29, 1.82) is 0 Å². The van der Waals surface area contributed by atoms with Gasteiger partial charge in [-0.3, -0.25) is 4.98 Å². The van der Waals surface area contributed by atoms with E-state index < -0.39 is 18.8 Å². The van der Waals surface area contributed by atoms with Gasteiger partial charge in [-0.25, -0.2) is 9.18 Å². The van der Waals surface area contributed by atoms with E-state index in [0.29, 0.717) is 57.4 Å². The molecule has 0 aliphatic carbocycles. The number of carbonyl (C=O) groups is 1. The van der Waals surface area contributed by atoms with Crippen LogP contribution < -0.4 is 19.5 Å². The molecule has 1 heterocycles. The standard InChI is InChI=1S/C30H30ClFN2O6/c1-18-6-8-20(9-7-18)40-21-10-11-22(25(32)14-21)28-19(2)34-26-16-27(36-4)24(31)15-23(26)29(28)38-17-39-30(35)37-13-5-12-33-3/h6-11,14-16,33H,5,12-13,17H2,1-4H3. The van der Waals surface area contributed by atoms with Crippen LogP contribution in [-0.4, -0.2) is 45.2 Å². The average Bonchev–Trinajstić information content (AvgIpc) is 2.93. The van der Waals surface area contributed by atoms with E-state index in [4.69, 9.17) is 35.3 Å². The maximum absolute atomic E-state index is 15.6. The third-order valence-corrected chi connectivity index (χ3v) is 6.32. The molecule has 0 saturated carbocycles. The van der Waals surface area contributed by atoms with E-state index in [0.717, 1.165) is 5.56 Å². The first-order valence-electron chi connectivity index (χ1n) is 12.6. The number of benzene rings is 3. The second-order valence-electron chi connectivity index (χ2n) is 8.92. The summed E-state index contributed by atoms with van der Waals surface area (Å²) in [5.74, 6) is 1.02. The highest BCUT2D eigenvalue weighted by atomic mass is 35.5. The van der Waals surface area contributed by atoms with E-state index in [2.05, 4.69) is 10.3 Å². The lowest BCUT2D eigenvalue weighted by Gasteiger charge is -2.18. The zero-order valence-electron chi connectivity index (χ0n) is 22.7. The molecule has 1 N–H and O–H groups in total. The molecular weight excluding hydrogens is 539 g/mol. The number of pyridine rings is 1. The molecule has 0 spiro atoms. The van der Waals surface area contributed by atoms with Crippen molar-refractivity contribution in [3.63, 3.8) is 0 Å². The van der Waals surface area contributed by atoms with Gasteiger partial charge in [0.2, 0.25) is 6.79 Å². The van der Waals surface area contributed by atoms with Crippen molar-refractivity contribution in [2.45, 2.75) is 20.3 Å². The molecule has 0 fully saturated rings. The lowest BCUT2D eigenvalue weighted by atomic mass is 9.99. The van der Waals surface area contributed by atoms with Crippen LogP contribution >= 0.6 is 11.6 Å². The van der Waals surface area contributed by atoms with Crippen molar-refractivity contribution in [3.8, 4) is 34.1 Å². The summed E-state index contributed by atoms with van der Waals surface area (Å²) in [6.45, 7) is 4.12. The summed E-state index contributed by atoms with van der Waals surface area (Å²) >= 11 is 6.41. The van der Waals surface area contributed by atoms with Gasteiger partial charge in [0, 0.05) is 34.3 Å². The van der Waals surface area contributed by atoms with E-state index in [1.54, 1.807) is 38.2 Å². The first-order valence-corrected chi connectivity index (χ1v) is 13.0. The van der Waals surface area contributed by atoms with Crippen LogP contribution in [0.25, 0.3) is 22.0 Å². The predicted octanol–water partition coefficient (Wildman–Crippen LogP) is 7.21. The van der Waals surface area contributed by atoms with Crippen LogP contribution in [0.1, 0.15) is 17.7 Å². The number of aryl methyl sites for hydroxylation is 2. The number of hydrogen-bond acceptors (Lipinski definition) is 8. The van der Waals surface area contributed by atoms with Crippen molar-refractivity contribution in [3.05, 3.63) is 76.7 Å². The molecule has 0 aliphatic heterocycles. The van der Waals surface area contributed by atoms with Crippen molar-refractivity contribution in [2.24, 2.45) is 0 Å². The monoisotopic (exact) mass is 568 g/mol. The highest BCUT2D eigenvalue weighted by Gasteiger charge is 2.21. The van der Waals surface area contributed by atoms with Gasteiger partial charge in [-0.05, 0) is 64.2 Å². The summed E-state index contributed by atoms with van der Waals surface area (Å²) in [6.07, 6.45) is -0.246. The SMILES string of the molecule is CNCCCOC(=O)OCOc1c(-c2ccc(Oc3ccc(C)cc3)cc2F)c(C)nc2cc(OC)c(Cl)cc12. The maximum Gasteiger partial charge on any atom is 0.511 e. The largest absolute Gasteiger partial charge is 0.511 e. The molecule has 0 bridgehead atoms. The molecule has 40 heavy (non-hydrogen) atoms. The quantitative estimate of drug-likeness (QED) is 0.115. The van der Waals surface area contributed by atoms with Crippen molar-refractivity contribution in [1.82, 2.24) is 10.3 Å². The maximum atomic E-state index is 15.6. The average molecular weight is 569 g/mol. The van der Waals surface area contributed by atoms with Gasteiger partial charge in [0.1, 0.15) is 28.8 Å².